The summed E-state index contributed by atoms with van der Waals surface area (Å²) in [7, 11) is 1.77. The molecular formula is C12H18N4O2. The molecule has 6 heteroatoms. The molecule has 0 atom stereocenters. The first-order chi connectivity index (χ1) is 8.66. The van der Waals surface area contributed by atoms with E-state index in [0.29, 0.717) is 18.7 Å². The van der Waals surface area contributed by atoms with E-state index in [4.69, 9.17) is 0 Å². The van der Waals surface area contributed by atoms with Crippen LogP contribution in [0, 0.1) is 0 Å². The minimum atomic E-state index is -0.164. The number of aryl methyl sites for hydroxylation is 1. The number of amides is 2. The van der Waals surface area contributed by atoms with Crippen LogP contribution in [0.15, 0.2) is 12.3 Å². The molecule has 6 nitrogen and oxygen atoms in total. The Bertz CT molecular complexity index is 441. The molecular weight excluding hydrogens is 232 g/mol. The maximum atomic E-state index is 11.7. The minimum absolute atomic E-state index is 0.164. The van der Waals surface area contributed by atoms with Gasteiger partial charge in [0.1, 0.15) is 5.69 Å². The number of hydrogen-bond donors (Lipinski definition) is 1. The highest BCUT2D eigenvalue weighted by Gasteiger charge is 2.19. The third-order valence-corrected chi connectivity index (χ3v) is 3.01. The molecule has 1 aromatic heterocycles. The van der Waals surface area contributed by atoms with Crippen molar-refractivity contribution in [3.05, 3.63) is 18.0 Å². The maximum Gasteiger partial charge on any atom is 0.271 e. The first-order valence-corrected chi connectivity index (χ1v) is 6.22. The Labute approximate surface area is 106 Å². The van der Waals surface area contributed by atoms with Crippen molar-refractivity contribution in [2.24, 2.45) is 7.05 Å². The van der Waals surface area contributed by atoms with Crippen LogP contribution in [-0.2, 0) is 11.8 Å². The Balaban J connectivity index is 1.66. The van der Waals surface area contributed by atoms with Gasteiger partial charge in [-0.1, -0.05) is 0 Å². The molecule has 0 bridgehead atoms. The molecule has 0 saturated carbocycles. The summed E-state index contributed by atoms with van der Waals surface area (Å²) in [5.74, 6) is 0.0643. The SMILES string of the molecule is Cn1ccc(C(=O)NCCCN2CCCC2=O)n1. The first kappa shape index (κ1) is 12.6. The van der Waals surface area contributed by atoms with Crippen molar-refractivity contribution in [2.45, 2.75) is 19.3 Å². The Morgan fingerprint density at radius 2 is 2.39 bits per heavy atom. The smallest absolute Gasteiger partial charge is 0.271 e. The zero-order chi connectivity index (χ0) is 13.0. The summed E-state index contributed by atoms with van der Waals surface area (Å²) in [6.45, 7) is 2.15. The third kappa shape index (κ3) is 3.09. The second kappa shape index (κ2) is 5.66. The summed E-state index contributed by atoms with van der Waals surface area (Å²) in [6, 6.07) is 1.68. The lowest BCUT2D eigenvalue weighted by Gasteiger charge is -2.14. The molecule has 1 fully saturated rings. The van der Waals surface area contributed by atoms with E-state index in [1.54, 1.807) is 24.0 Å². The zero-order valence-corrected chi connectivity index (χ0v) is 10.6. The van der Waals surface area contributed by atoms with Gasteiger partial charge < -0.3 is 10.2 Å². The van der Waals surface area contributed by atoms with Crippen LogP contribution in [0.5, 0.6) is 0 Å². The fourth-order valence-electron chi connectivity index (χ4n) is 2.04. The van der Waals surface area contributed by atoms with Gasteiger partial charge >= 0.3 is 0 Å². The van der Waals surface area contributed by atoms with E-state index in [-0.39, 0.29) is 11.8 Å². The predicted octanol–water partition coefficient (Wildman–Crippen LogP) is 0.162. The van der Waals surface area contributed by atoms with Gasteiger partial charge in [0, 0.05) is 39.3 Å². The molecule has 1 aliphatic rings. The highest BCUT2D eigenvalue weighted by atomic mass is 16.2. The average molecular weight is 250 g/mol. The van der Waals surface area contributed by atoms with Gasteiger partial charge in [0.25, 0.3) is 5.91 Å². The molecule has 1 aliphatic heterocycles. The van der Waals surface area contributed by atoms with Crippen LogP contribution in [0.1, 0.15) is 29.8 Å². The van der Waals surface area contributed by atoms with Gasteiger partial charge in [-0.25, -0.2) is 0 Å². The van der Waals surface area contributed by atoms with E-state index in [1.807, 2.05) is 4.90 Å². The van der Waals surface area contributed by atoms with E-state index in [0.717, 1.165) is 25.9 Å². The zero-order valence-electron chi connectivity index (χ0n) is 10.6. The fourth-order valence-corrected chi connectivity index (χ4v) is 2.04. The summed E-state index contributed by atoms with van der Waals surface area (Å²) in [4.78, 5) is 24.9. The van der Waals surface area contributed by atoms with Gasteiger partial charge in [-0.15, -0.1) is 0 Å². The van der Waals surface area contributed by atoms with Crippen LogP contribution in [0.4, 0.5) is 0 Å². The summed E-state index contributed by atoms with van der Waals surface area (Å²) in [6.07, 6.45) is 4.14. The van der Waals surface area contributed by atoms with Gasteiger partial charge in [-0.2, -0.15) is 5.10 Å². The topological polar surface area (TPSA) is 67.2 Å². The van der Waals surface area contributed by atoms with E-state index in [2.05, 4.69) is 10.4 Å². The second-order valence-electron chi connectivity index (χ2n) is 4.47. The quantitative estimate of drug-likeness (QED) is 0.757. The van der Waals surface area contributed by atoms with E-state index < -0.39 is 0 Å². The standard InChI is InChI=1S/C12H18N4O2/c1-15-9-5-10(14-15)12(18)13-6-3-8-16-7-2-4-11(16)17/h5,9H,2-4,6-8H2,1H3,(H,13,18). The molecule has 0 unspecified atom stereocenters. The van der Waals surface area contributed by atoms with Crippen LogP contribution in [0.2, 0.25) is 0 Å². The van der Waals surface area contributed by atoms with E-state index in [9.17, 15) is 9.59 Å². The third-order valence-electron chi connectivity index (χ3n) is 3.01. The van der Waals surface area contributed by atoms with Gasteiger partial charge in [-0.3, -0.25) is 14.3 Å². The number of nitrogens with zero attached hydrogens (tertiary/aromatic N) is 3. The largest absolute Gasteiger partial charge is 0.351 e. The molecule has 1 aromatic rings. The van der Waals surface area contributed by atoms with Crippen LogP contribution < -0.4 is 5.32 Å². The number of carbonyl (C=O) groups is 2. The first-order valence-electron chi connectivity index (χ1n) is 6.22. The average Bonchev–Trinajstić information content (AvgIpc) is 2.94. The maximum absolute atomic E-state index is 11.7. The van der Waals surface area contributed by atoms with Crippen molar-refractivity contribution in [2.75, 3.05) is 19.6 Å². The molecule has 2 amide bonds. The highest BCUT2D eigenvalue weighted by Crippen LogP contribution is 2.09. The lowest BCUT2D eigenvalue weighted by molar-refractivity contribution is -0.127. The molecule has 1 N–H and O–H groups in total. The summed E-state index contributed by atoms with van der Waals surface area (Å²) >= 11 is 0. The van der Waals surface area contributed by atoms with Crippen molar-refractivity contribution in [1.29, 1.82) is 0 Å². The van der Waals surface area contributed by atoms with Crippen molar-refractivity contribution >= 4 is 11.8 Å². The lowest BCUT2D eigenvalue weighted by atomic mass is 10.3. The normalized spacial score (nSPS) is 15.2. The van der Waals surface area contributed by atoms with Crippen LogP contribution in [0.3, 0.4) is 0 Å². The van der Waals surface area contributed by atoms with Crippen molar-refractivity contribution in [3.8, 4) is 0 Å². The number of nitrogens with one attached hydrogen (secondary N) is 1. The van der Waals surface area contributed by atoms with E-state index in [1.165, 1.54) is 0 Å². The number of hydrogen-bond acceptors (Lipinski definition) is 3. The number of carbonyl (C=O) groups excluding carboxylic acids is 2. The monoisotopic (exact) mass is 250 g/mol. The molecule has 98 valence electrons. The van der Waals surface area contributed by atoms with Crippen LogP contribution in [-0.4, -0.2) is 46.1 Å². The Hall–Kier alpha value is -1.85. The predicted molar refractivity (Wildman–Crippen MR) is 66.0 cm³/mol. The number of likely N-dealkylation sites (tertiary alicyclic amines) is 1. The molecule has 2 rings (SSSR count). The molecule has 0 aromatic carbocycles. The summed E-state index contributed by atoms with van der Waals surface area (Å²) in [5.41, 5.74) is 0.426. The van der Waals surface area contributed by atoms with Gasteiger partial charge in [-0.05, 0) is 18.9 Å². The fraction of sp³-hybridized carbons (Fsp3) is 0.583. The van der Waals surface area contributed by atoms with Crippen LogP contribution >= 0.6 is 0 Å². The molecule has 1 saturated heterocycles. The number of rotatable bonds is 5. The molecule has 18 heavy (non-hydrogen) atoms. The molecule has 0 aliphatic carbocycles. The summed E-state index contributed by atoms with van der Waals surface area (Å²) < 4.78 is 1.60. The Morgan fingerprint density at radius 3 is 3.00 bits per heavy atom. The Morgan fingerprint density at radius 1 is 1.56 bits per heavy atom. The van der Waals surface area contributed by atoms with Crippen molar-refractivity contribution in [1.82, 2.24) is 20.0 Å². The number of aromatic nitrogens is 2. The van der Waals surface area contributed by atoms with E-state index >= 15 is 0 Å². The minimum Gasteiger partial charge on any atom is -0.351 e. The molecule has 0 radical (unpaired) electrons. The van der Waals surface area contributed by atoms with Crippen LogP contribution in [0.25, 0.3) is 0 Å². The Kier molecular flexibility index (Phi) is 3.96. The van der Waals surface area contributed by atoms with Crippen molar-refractivity contribution in [3.63, 3.8) is 0 Å². The van der Waals surface area contributed by atoms with Gasteiger partial charge in [0.05, 0.1) is 0 Å². The van der Waals surface area contributed by atoms with Gasteiger partial charge in [0.2, 0.25) is 5.91 Å². The summed E-state index contributed by atoms with van der Waals surface area (Å²) in [5, 5.41) is 6.82. The molecule has 2 heterocycles. The van der Waals surface area contributed by atoms with Crippen molar-refractivity contribution < 1.29 is 9.59 Å². The highest BCUT2D eigenvalue weighted by molar-refractivity contribution is 5.92. The van der Waals surface area contributed by atoms with Gasteiger partial charge in [0.15, 0.2) is 0 Å². The molecule has 0 spiro atoms. The second-order valence-corrected chi connectivity index (χ2v) is 4.47. The lowest BCUT2D eigenvalue weighted by Crippen LogP contribution is -2.30.